The van der Waals surface area contributed by atoms with Crippen LogP contribution in [0.5, 0.6) is 0 Å². The van der Waals surface area contributed by atoms with Crippen LogP contribution in [0.25, 0.3) is 10.2 Å². The topological polar surface area (TPSA) is 75.4 Å². The highest BCUT2D eigenvalue weighted by Crippen LogP contribution is 2.41. The Hall–Kier alpha value is -2.03. The van der Waals surface area contributed by atoms with Crippen LogP contribution >= 0.6 is 34.7 Å². The Morgan fingerprint density at radius 3 is 2.74 bits per heavy atom. The molecular weight excluding hydrogens is 450 g/mol. The van der Waals surface area contributed by atoms with Crippen molar-refractivity contribution in [1.82, 2.24) is 14.9 Å². The molecule has 0 unspecified atom stereocenters. The van der Waals surface area contributed by atoms with Crippen molar-refractivity contribution in [1.29, 1.82) is 0 Å². The van der Waals surface area contributed by atoms with Crippen molar-refractivity contribution < 1.29 is 4.79 Å². The Bertz CT molecular complexity index is 1120. The molecule has 0 radical (unpaired) electrons. The van der Waals surface area contributed by atoms with E-state index in [2.05, 4.69) is 4.90 Å². The van der Waals surface area contributed by atoms with Gasteiger partial charge >= 0.3 is 6.03 Å². The van der Waals surface area contributed by atoms with Gasteiger partial charge in [-0.25, -0.2) is 14.8 Å². The maximum Gasteiger partial charge on any atom is 0.314 e. The summed E-state index contributed by atoms with van der Waals surface area (Å²) < 4.78 is 0. The number of urea groups is 1. The number of hydrogen-bond donors (Lipinski definition) is 1. The molecule has 6 nitrogen and oxygen atoms in total. The van der Waals surface area contributed by atoms with E-state index in [1.165, 1.54) is 22.2 Å². The van der Waals surface area contributed by atoms with Gasteiger partial charge in [0.15, 0.2) is 0 Å². The van der Waals surface area contributed by atoms with Gasteiger partial charge in [-0.1, -0.05) is 11.6 Å². The zero-order valence-corrected chi connectivity index (χ0v) is 19.5. The minimum Gasteiger partial charge on any atom is -0.354 e. The standard InChI is InChI=1S/C22H24ClN5OS2/c23-14-5-7-15(8-6-14)30-13-18-25-20(27-9-2-10-28(12-11-27)22(24)29)19-16-3-1-4-17(16)31-21(19)26-18/h5-8H,1-4,9-13H2,(H2,24,29). The lowest BCUT2D eigenvalue weighted by Gasteiger charge is -2.23. The molecular formula is C22H24ClN5OS2. The zero-order valence-electron chi connectivity index (χ0n) is 17.1. The molecule has 31 heavy (non-hydrogen) atoms. The second-order valence-corrected chi connectivity index (χ2v) is 10.5. The van der Waals surface area contributed by atoms with E-state index in [1.54, 1.807) is 16.7 Å². The first kappa shape index (κ1) is 20.8. The van der Waals surface area contributed by atoms with Gasteiger partial charge in [0.1, 0.15) is 16.5 Å². The molecule has 2 aliphatic rings. The molecule has 2 N–H and O–H groups in total. The summed E-state index contributed by atoms with van der Waals surface area (Å²) in [6, 6.07) is 7.53. The largest absolute Gasteiger partial charge is 0.354 e. The number of aromatic nitrogens is 2. The smallest absolute Gasteiger partial charge is 0.314 e. The van der Waals surface area contributed by atoms with Crippen molar-refractivity contribution in [2.24, 2.45) is 5.73 Å². The predicted octanol–water partition coefficient (Wildman–Crippen LogP) is 4.72. The summed E-state index contributed by atoms with van der Waals surface area (Å²) in [7, 11) is 0. The first-order valence-corrected chi connectivity index (χ1v) is 12.8. The summed E-state index contributed by atoms with van der Waals surface area (Å²) in [6.07, 6.45) is 4.34. The highest BCUT2D eigenvalue weighted by molar-refractivity contribution is 7.98. The van der Waals surface area contributed by atoms with E-state index in [0.29, 0.717) is 18.8 Å². The van der Waals surface area contributed by atoms with E-state index < -0.39 is 0 Å². The van der Waals surface area contributed by atoms with Gasteiger partial charge in [-0.15, -0.1) is 23.1 Å². The first-order valence-electron chi connectivity index (χ1n) is 10.6. The summed E-state index contributed by atoms with van der Waals surface area (Å²) in [4.78, 5) is 29.4. The van der Waals surface area contributed by atoms with Crippen LogP contribution in [0.15, 0.2) is 29.2 Å². The maximum absolute atomic E-state index is 11.7. The molecule has 9 heteroatoms. The van der Waals surface area contributed by atoms with Crippen LogP contribution in [0, 0.1) is 0 Å². The number of aryl methyl sites for hydroxylation is 2. The molecule has 1 aliphatic carbocycles. The van der Waals surface area contributed by atoms with Crippen LogP contribution in [-0.2, 0) is 18.6 Å². The summed E-state index contributed by atoms with van der Waals surface area (Å²) in [5.74, 6) is 2.58. The molecule has 0 bridgehead atoms. The van der Waals surface area contributed by atoms with Gasteiger partial charge in [0.2, 0.25) is 0 Å². The van der Waals surface area contributed by atoms with E-state index in [4.69, 9.17) is 27.3 Å². The molecule has 1 saturated heterocycles. The van der Waals surface area contributed by atoms with E-state index >= 15 is 0 Å². The quantitative estimate of drug-likeness (QED) is 0.555. The highest BCUT2D eigenvalue weighted by Gasteiger charge is 2.26. The molecule has 1 aliphatic heterocycles. The van der Waals surface area contributed by atoms with Crippen molar-refractivity contribution in [2.45, 2.75) is 36.3 Å². The number of rotatable bonds is 4. The fourth-order valence-electron chi connectivity index (χ4n) is 4.34. The molecule has 162 valence electrons. The van der Waals surface area contributed by atoms with Crippen LogP contribution in [0.4, 0.5) is 10.6 Å². The number of benzene rings is 1. The second-order valence-electron chi connectivity index (χ2n) is 7.91. The molecule has 2 amide bonds. The third kappa shape index (κ3) is 4.33. The van der Waals surface area contributed by atoms with Crippen LogP contribution in [0.2, 0.25) is 5.02 Å². The normalized spacial score (nSPS) is 16.5. The van der Waals surface area contributed by atoms with Gasteiger partial charge in [0.25, 0.3) is 0 Å². The van der Waals surface area contributed by atoms with E-state index in [1.807, 2.05) is 35.6 Å². The number of fused-ring (bicyclic) bond motifs is 3. The molecule has 2 aromatic heterocycles. The van der Waals surface area contributed by atoms with Crippen LogP contribution < -0.4 is 10.6 Å². The third-order valence-electron chi connectivity index (χ3n) is 5.88. The van der Waals surface area contributed by atoms with Crippen molar-refractivity contribution >= 4 is 56.8 Å². The SMILES string of the molecule is NC(=O)N1CCCN(c2nc(CSc3ccc(Cl)cc3)nc3sc4c(c23)CCC4)CC1. The minimum absolute atomic E-state index is 0.342. The number of halogens is 1. The van der Waals surface area contributed by atoms with Gasteiger partial charge < -0.3 is 15.5 Å². The Balaban J connectivity index is 1.47. The number of nitrogens with two attached hydrogens (primary N) is 1. The lowest BCUT2D eigenvalue weighted by molar-refractivity contribution is 0.211. The van der Waals surface area contributed by atoms with Crippen molar-refractivity contribution in [3.63, 3.8) is 0 Å². The van der Waals surface area contributed by atoms with E-state index in [0.717, 1.165) is 58.7 Å². The van der Waals surface area contributed by atoms with Crippen LogP contribution in [0.3, 0.4) is 0 Å². The molecule has 0 atom stereocenters. The van der Waals surface area contributed by atoms with E-state index in [-0.39, 0.29) is 6.03 Å². The maximum atomic E-state index is 11.7. The second kappa shape index (κ2) is 8.84. The number of thioether (sulfide) groups is 1. The fourth-order valence-corrected chi connectivity index (χ4v) is 6.50. The van der Waals surface area contributed by atoms with Crippen LogP contribution in [-0.4, -0.2) is 47.1 Å². The number of amides is 2. The Morgan fingerprint density at radius 2 is 1.94 bits per heavy atom. The van der Waals surface area contributed by atoms with Gasteiger partial charge in [0, 0.05) is 41.0 Å². The number of carbonyl (C=O) groups excluding carboxylic acids is 1. The first-order chi connectivity index (χ1) is 15.1. The highest BCUT2D eigenvalue weighted by atomic mass is 35.5. The van der Waals surface area contributed by atoms with Crippen LogP contribution in [0.1, 0.15) is 29.1 Å². The molecule has 1 aromatic carbocycles. The number of thiophene rings is 1. The van der Waals surface area contributed by atoms with Gasteiger partial charge in [-0.3, -0.25) is 0 Å². The molecule has 5 rings (SSSR count). The van der Waals surface area contributed by atoms with Gasteiger partial charge in [-0.2, -0.15) is 0 Å². The predicted molar refractivity (Wildman–Crippen MR) is 128 cm³/mol. The Morgan fingerprint density at radius 1 is 1.10 bits per heavy atom. The lowest BCUT2D eigenvalue weighted by atomic mass is 10.1. The fraction of sp³-hybridized carbons (Fsp3) is 0.409. The van der Waals surface area contributed by atoms with Crippen molar-refractivity contribution in [3.8, 4) is 0 Å². The summed E-state index contributed by atoms with van der Waals surface area (Å²) in [5.41, 5.74) is 6.96. The van der Waals surface area contributed by atoms with Crippen molar-refractivity contribution in [3.05, 3.63) is 45.6 Å². The summed E-state index contributed by atoms with van der Waals surface area (Å²) in [6.45, 7) is 2.93. The average Bonchev–Trinajstić information content (AvgIpc) is 3.24. The third-order valence-corrected chi connectivity index (χ3v) is 8.33. The number of primary amides is 1. The number of carbonyl (C=O) groups is 1. The number of hydrogen-bond acceptors (Lipinski definition) is 6. The lowest BCUT2D eigenvalue weighted by Crippen LogP contribution is -2.38. The van der Waals surface area contributed by atoms with Crippen molar-refractivity contribution in [2.75, 3.05) is 31.1 Å². The molecule has 0 spiro atoms. The van der Waals surface area contributed by atoms with Gasteiger partial charge in [-0.05, 0) is 55.5 Å². The molecule has 3 heterocycles. The summed E-state index contributed by atoms with van der Waals surface area (Å²) >= 11 is 9.55. The minimum atomic E-state index is -0.342. The zero-order chi connectivity index (χ0) is 21.4. The Labute approximate surface area is 194 Å². The molecule has 0 saturated carbocycles. The average molecular weight is 474 g/mol. The number of nitrogens with zero attached hydrogens (tertiary/aromatic N) is 4. The Kier molecular flexibility index (Phi) is 5.95. The number of anilines is 1. The molecule has 1 fully saturated rings. The van der Waals surface area contributed by atoms with E-state index in [9.17, 15) is 4.79 Å². The summed E-state index contributed by atoms with van der Waals surface area (Å²) in [5, 5.41) is 1.97. The van der Waals surface area contributed by atoms with Gasteiger partial charge in [0.05, 0.1) is 11.1 Å². The monoisotopic (exact) mass is 473 g/mol. The molecule has 3 aromatic rings.